The number of pyridine rings is 1. The Morgan fingerprint density at radius 1 is 1.12 bits per heavy atom. The van der Waals surface area contributed by atoms with Crippen molar-refractivity contribution in [1.82, 2.24) is 15.0 Å². The molecule has 0 atom stereocenters. The molecule has 118 valence electrons. The Bertz CT molecular complexity index is 1140. The summed E-state index contributed by atoms with van der Waals surface area (Å²) in [7, 11) is 0. The monoisotopic (exact) mass is 351 g/mol. The van der Waals surface area contributed by atoms with Crippen LogP contribution in [0.4, 0.5) is 0 Å². The van der Waals surface area contributed by atoms with Crippen LogP contribution >= 0.6 is 23.6 Å². The van der Waals surface area contributed by atoms with Crippen molar-refractivity contribution in [2.75, 3.05) is 0 Å². The van der Waals surface area contributed by atoms with Gasteiger partial charge in [0.2, 0.25) is 0 Å². The van der Waals surface area contributed by atoms with Gasteiger partial charge in [-0.3, -0.25) is 9.78 Å². The quantitative estimate of drug-likeness (QED) is 0.515. The molecule has 4 aromatic rings. The average molecular weight is 351 g/mol. The highest BCUT2D eigenvalue weighted by Gasteiger charge is 2.13. The molecular formula is C18H13N3OS2. The maximum absolute atomic E-state index is 12.4. The molecule has 0 saturated carbocycles. The Labute approximate surface area is 146 Å². The summed E-state index contributed by atoms with van der Waals surface area (Å²) in [5, 5.41) is 2.52. The zero-order valence-electron chi connectivity index (χ0n) is 12.8. The molecule has 0 spiro atoms. The zero-order valence-corrected chi connectivity index (χ0v) is 14.4. The highest BCUT2D eigenvalue weighted by Crippen LogP contribution is 2.32. The normalized spacial score (nSPS) is 11.0. The van der Waals surface area contributed by atoms with Gasteiger partial charge in [0.15, 0.2) is 4.77 Å². The smallest absolute Gasteiger partial charge is 0.261 e. The lowest BCUT2D eigenvalue weighted by Crippen LogP contribution is -2.10. The van der Waals surface area contributed by atoms with Crippen LogP contribution in [0.2, 0.25) is 0 Å². The molecule has 0 aliphatic rings. The van der Waals surface area contributed by atoms with E-state index in [0.717, 1.165) is 21.7 Å². The van der Waals surface area contributed by atoms with E-state index in [1.54, 1.807) is 11.3 Å². The van der Waals surface area contributed by atoms with Crippen LogP contribution in [-0.4, -0.2) is 15.0 Å². The Hall–Kier alpha value is -2.57. The van der Waals surface area contributed by atoms with Crippen LogP contribution in [0.3, 0.4) is 0 Å². The fourth-order valence-electron chi connectivity index (χ4n) is 2.67. The summed E-state index contributed by atoms with van der Waals surface area (Å²) in [6, 6.07) is 14.1. The van der Waals surface area contributed by atoms with Crippen molar-refractivity contribution in [3.05, 3.63) is 68.5 Å². The van der Waals surface area contributed by atoms with Gasteiger partial charge in [-0.1, -0.05) is 35.9 Å². The molecule has 4 rings (SSSR count). The molecule has 0 fully saturated rings. The minimum atomic E-state index is -0.222. The lowest BCUT2D eigenvalue weighted by Gasteiger charge is -2.08. The van der Waals surface area contributed by atoms with E-state index in [2.05, 4.69) is 15.0 Å². The number of benzene rings is 1. The van der Waals surface area contributed by atoms with E-state index in [9.17, 15) is 4.79 Å². The molecule has 0 unspecified atom stereocenters. The standard InChI is InChI=1S/C18H13N3OS2/c1-10-4-6-11(7-5-10)13-9-12(14-3-2-8-24-14)15-16(19-13)20-18(23)21-17(15)22/h2-9H,1H3,(H2,19,20,21,22,23). The van der Waals surface area contributed by atoms with Crippen molar-refractivity contribution in [1.29, 1.82) is 0 Å². The van der Waals surface area contributed by atoms with Gasteiger partial charge in [-0.05, 0) is 36.7 Å². The van der Waals surface area contributed by atoms with Gasteiger partial charge in [0.1, 0.15) is 5.65 Å². The molecule has 24 heavy (non-hydrogen) atoms. The molecule has 0 saturated heterocycles. The van der Waals surface area contributed by atoms with E-state index in [0.29, 0.717) is 11.0 Å². The van der Waals surface area contributed by atoms with Crippen molar-refractivity contribution in [2.45, 2.75) is 6.92 Å². The fourth-order valence-corrected chi connectivity index (χ4v) is 3.61. The van der Waals surface area contributed by atoms with E-state index < -0.39 is 0 Å². The third kappa shape index (κ3) is 2.60. The first kappa shape index (κ1) is 15.0. The number of aromatic nitrogens is 3. The first-order chi connectivity index (χ1) is 11.6. The molecule has 3 aromatic heterocycles. The van der Waals surface area contributed by atoms with Gasteiger partial charge in [-0.15, -0.1) is 11.3 Å². The maximum atomic E-state index is 12.4. The summed E-state index contributed by atoms with van der Waals surface area (Å²) in [6.45, 7) is 2.05. The van der Waals surface area contributed by atoms with Gasteiger partial charge in [0, 0.05) is 16.0 Å². The second-order valence-corrected chi connectivity index (χ2v) is 6.89. The molecule has 6 heteroatoms. The van der Waals surface area contributed by atoms with E-state index in [1.807, 2.05) is 54.8 Å². The molecule has 0 bridgehead atoms. The van der Waals surface area contributed by atoms with E-state index in [1.165, 1.54) is 5.56 Å². The number of hydrogen-bond donors (Lipinski definition) is 2. The Morgan fingerprint density at radius 2 is 1.92 bits per heavy atom. The third-order valence-corrected chi connectivity index (χ3v) is 4.95. The second kappa shape index (κ2) is 5.81. The van der Waals surface area contributed by atoms with Crippen molar-refractivity contribution < 1.29 is 0 Å². The van der Waals surface area contributed by atoms with E-state index in [-0.39, 0.29) is 10.3 Å². The van der Waals surface area contributed by atoms with Gasteiger partial charge in [-0.25, -0.2) is 4.98 Å². The van der Waals surface area contributed by atoms with Crippen molar-refractivity contribution in [3.8, 4) is 21.7 Å². The number of nitrogens with zero attached hydrogens (tertiary/aromatic N) is 1. The molecule has 0 aliphatic heterocycles. The van der Waals surface area contributed by atoms with Gasteiger partial charge >= 0.3 is 0 Å². The predicted molar refractivity (Wildman–Crippen MR) is 101 cm³/mol. The molecule has 1 aromatic carbocycles. The fraction of sp³-hybridized carbons (Fsp3) is 0.0556. The first-order valence-electron chi connectivity index (χ1n) is 7.40. The molecular weight excluding hydrogens is 338 g/mol. The molecule has 4 nitrogen and oxygen atoms in total. The molecule has 3 heterocycles. The Kier molecular flexibility index (Phi) is 3.63. The average Bonchev–Trinajstić information content (AvgIpc) is 3.08. The van der Waals surface area contributed by atoms with Crippen LogP contribution in [0.1, 0.15) is 5.56 Å². The molecule has 0 amide bonds. The van der Waals surface area contributed by atoms with Crippen molar-refractivity contribution in [3.63, 3.8) is 0 Å². The number of aromatic amines is 2. The highest BCUT2D eigenvalue weighted by atomic mass is 32.1. The van der Waals surface area contributed by atoms with Gasteiger partial charge < -0.3 is 4.98 Å². The van der Waals surface area contributed by atoms with Crippen molar-refractivity contribution in [2.24, 2.45) is 0 Å². The number of aryl methyl sites for hydroxylation is 1. The van der Waals surface area contributed by atoms with Crippen molar-refractivity contribution >= 4 is 34.6 Å². The van der Waals surface area contributed by atoms with Crippen LogP contribution < -0.4 is 5.56 Å². The number of nitrogens with one attached hydrogen (secondary N) is 2. The van der Waals surface area contributed by atoms with Gasteiger partial charge in [0.05, 0.1) is 11.1 Å². The number of thiophene rings is 1. The van der Waals surface area contributed by atoms with Crippen LogP contribution in [0, 0.1) is 11.7 Å². The largest absolute Gasteiger partial charge is 0.316 e. The molecule has 0 radical (unpaired) electrons. The minimum absolute atomic E-state index is 0.222. The van der Waals surface area contributed by atoms with E-state index in [4.69, 9.17) is 12.2 Å². The van der Waals surface area contributed by atoms with Gasteiger partial charge in [0.25, 0.3) is 5.56 Å². The minimum Gasteiger partial charge on any atom is -0.316 e. The number of rotatable bonds is 2. The number of hydrogen-bond acceptors (Lipinski definition) is 4. The summed E-state index contributed by atoms with van der Waals surface area (Å²) in [6.07, 6.45) is 0. The summed E-state index contributed by atoms with van der Waals surface area (Å²) in [5.41, 5.74) is 4.14. The van der Waals surface area contributed by atoms with Crippen LogP contribution in [0.5, 0.6) is 0 Å². The Morgan fingerprint density at radius 3 is 2.62 bits per heavy atom. The van der Waals surface area contributed by atoms with E-state index >= 15 is 0 Å². The lowest BCUT2D eigenvalue weighted by molar-refractivity contribution is 1.11. The number of H-pyrrole nitrogens is 2. The zero-order chi connectivity index (χ0) is 16.7. The number of fused-ring (bicyclic) bond motifs is 1. The Balaban J connectivity index is 2.09. The molecule has 0 aliphatic carbocycles. The van der Waals surface area contributed by atoms with Crippen LogP contribution in [-0.2, 0) is 0 Å². The third-order valence-electron chi connectivity index (χ3n) is 3.84. The van der Waals surface area contributed by atoms with Crippen LogP contribution in [0.15, 0.2) is 52.6 Å². The maximum Gasteiger partial charge on any atom is 0.261 e. The predicted octanol–water partition coefficient (Wildman–Crippen LogP) is 4.68. The summed E-state index contributed by atoms with van der Waals surface area (Å²) in [4.78, 5) is 23.7. The summed E-state index contributed by atoms with van der Waals surface area (Å²) >= 11 is 6.69. The summed E-state index contributed by atoms with van der Waals surface area (Å²) < 4.78 is 0.276. The lowest BCUT2D eigenvalue weighted by atomic mass is 10.0. The topological polar surface area (TPSA) is 61.5 Å². The highest BCUT2D eigenvalue weighted by molar-refractivity contribution is 7.71. The first-order valence-corrected chi connectivity index (χ1v) is 8.69. The SMILES string of the molecule is Cc1ccc(-c2cc(-c3cccs3)c3c(=O)[nH]c(=S)[nH]c3n2)cc1. The van der Waals surface area contributed by atoms with Gasteiger partial charge in [-0.2, -0.15) is 0 Å². The van der Waals surface area contributed by atoms with Crippen LogP contribution in [0.25, 0.3) is 32.7 Å². The molecule has 2 N–H and O–H groups in total. The second-order valence-electron chi connectivity index (χ2n) is 5.53. The summed E-state index contributed by atoms with van der Waals surface area (Å²) in [5.74, 6) is 0.